The van der Waals surface area contributed by atoms with Gasteiger partial charge in [0.15, 0.2) is 0 Å². The lowest BCUT2D eigenvalue weighted by molar-refractivity contribution is -0.123. The number of para-hydroxylation sites is 1. The van der Waals surface area contributed by atoms with E-state index in [0.29, 0.717) is 5.69 Å². The molecule has 1 aromatic rings. The molecule has 2 rings (SSSR count). The lowest BCUT2D eigenvalue weighted by Gasteiger charge is -2.32. The first-order chi connectivity index (χ1) is 8.61. The SMILES string of the molecule is CC1NCCCC1C(=O)N(C)c1ccccc1F. The Bertz CT molecular complexity index is 436. The summed E-state index contributed by atoms with van der Waals surface area (Å²) in [5, 5.41) is 3.29. The standard InChI is InChI=1S/C14H19FN2O/c1-10-11(6-5-9-16-10)14(18)17(2)13-8-4-3-7-12(13)15/h3-4,7-8,10-11,16H,5-6,9H2,1-2H3. The van der Waals surface area contributed by atoms with Crippen LogP contribution in [0.15, 0.2) is 24.3 Å². The average Bonchev–Trinajstić information content (AvgIpc) is 2.38. The van der Waals surface area contributed by atoms with E-state index in [1.165, 1.54) is 11.0 Å². The van der Waals surface area contributed by atoms with Crippen molar-refractivity contribution < 1.29 is 9.18 Å². The molecule has 1 fully saturated rings. The number of nitrogens with one attached hydrogen (secondary N) is 1. The van der Waals surface area contributed by atoms with Gasteiger partial charge >= 0.3 is 0 Å². The van der Waals surface area contributed by atoms with Crippen molar-refractivity contribution in [1.82, 2.24) is 5.32 Å². The molecule has 1 aliphatic heterocycles. The van der Waals surface area contributed by atoms with E-state index in [2.05, 4.69) is 5.32 Å². The van der Waals surface area contributed by atoms with Crippen LogP contribution in [0, 0.1) is 11.7 Å². The number of rotatable bonds is 2. The van der Waals surface area contributed by atoms with Crippen molar-refractivity contribution in [3.8, 4) is 0 Å². The highest BCUT2D eigenvalue weighted by Crippen LogP contribution is 2.23. The van der Waals surface area contributed by atoms with Gasteiger partial charge in [0.2, 0.25) is 5.91 Å². The minimum Gasteiger partial charge on any atom is -0.313 e. The Balaban J connectivity index is 2.16. The van der Waals surface area contributed by atoms with Crippen molar-refractivity contribution in [2.75, 3.05) is 18.5 Å². The first kappa shape index (κ1) is 13.0. The van der Waals surface area contributed by atoms with E-state index < -0.39 is 0 Å². The summed E-state index contributed by atoms with van der Waals surface area (Å²) >= 11 is 0. The van der Waals surface area contributed by atoms with Gasteiger partial charge in [0.05, 0.1) is 11.6 Å². The number of piperidine rings is 1. The van der Waals surface area contributed by atoms with Crippen LogP contribution in [0.3, 0.4) is 0 Å². The number of hydrogen-bond donors (Lipinski definition) is 1. The summed E-state index contributed by atoms with van der Waals surface area (Å²) in [5.41, 5.74) is 0.347. The Morgan fingerprint density at radius 2 is 2.17 bits per heavy atom. The van der Waals surface area contributed by atoms with Crippen molar-refractivity contribution in [2.24, 2.45) is 5.92 Å². The molecule has 1 amide bonds. The zero-order valence-corrected chi connectivity index (χ0v) is 10.8. The number of benzene rings is 1. The maximum atomic E-state index is 13.7. The fraction of sp³-hybridized carbons (Fsp3) is 0.500. The molecule has 0 saturated carbocycles. The number of nitrogens with zero attached hydrogens (tertiary/aromatic N) is 1. The van der Waals surface area contributed by atoms with Crippen LogP contribution in [0.4, 0.5) is 10.1 Å². The Labute approximate surface area is 107 Å². The lowest BCUT2D eigenvalue weighted by Crippen LogP contribution is -2.47. The van der Waals surface area contributed by atoms with Gasteiger partial charge in [-0.3, -0.25) is 4.79 Å². The number of amides is 1. The van der Waals surface area contributed by atoms with Crippen LogP contribution in [0.25, 0.3) is 0 Å². The molecular weight excluding hydrogens is 231 g/mol. The Kier molecular flexibility index (Phi) is 3.97. The normalized spacial score (nSPS) is 23.7. The highest BCUT2D eigenvalue weighted by Gasteiger charge is 2.30. The fourth-order valence-electron chi connectivity index (χ4n) is 2.47. The molecule has 3 nitrogen and oxygen atoms in total. The van der Waals surface area contributed by atoms with Crippen LogP contribution in [0.5, 0.6) is 0 Å². The summed E-state index contributed by atoms with van der Waals surface area (Å²) in [6.07, 6.45) is 1.86. The predicted octanol–water partition coefficient (Wildman–Crippen LogP) is 2.18. The fourth-order valence-corrected chi connectivity index (χ4v) is 2.47. The molecule has 1 saturated heterocycles. The maximum absolute atomic E-state index is 13.7. The van der Waals surface area contributed by atoms with Crippen LogP contribution in [0.1, 0.15) is 19.8 Å². The summed E-state index contributed by atoms with van der Waals surface area (Å²) < 4.78 is 13.7. The van der Waals surface area contributed by atoms with Gasteiger partial charge in [-0.25, -0.2) is 4.39 Å². The highest BCUT2D eigenvalue weighted by atomic mass is 19.1. The van der Waals surface area contributed by atoms with Gasteiger partial charge in [0.1, 0.15) is 5.82 Å². The van der Waals surface area contributed by atoms with E-state index in [0.717, 1.165) is 19.4 Å². The first-order valence-electron chi connectivity index (χ1n) is 6.36. The molecule has 2 atom stereocenters. The van der Waals surface area contributed by atoms with E-state index in [4.69, 9.17) is 0 Å². The van der Waals surface area contributed by atoms with Crippen molar-refractivity contribution in [2.45, 2.75) is 25.8 Å². The molecule has 4 heteroatoms. The third kappa shape index (κ3) is 2.53. The summed E-state index contributed by atoms with van der Waals surface area (Å²) in [5.74, 6) is -0.437. The molecule has 1 heterocycles. The molecule has 98 valence electrons. The van der Waals surface area contributed by atoms with E-state index in [1.807, 2.05) is 6.92 Å². The van der Waals surface area contributed by atoms with E-state index in [9.17, 15) is 9.18 Å². The second-order valence-corrected chi connectivity index (χ2v) is 4.84. The van der Waals surface area contributed by atoms with Crippen LogP contribution >= 0.6 is 0 Å². The average molecular weight is 250 g/mol. The van der Waals surface area contributed by atoms with Crippen LogP contribution < -0.4 is 10.2 Å². The maximum Gasteiger partial charge on any atom is 0.231 e. The van der Waals surface area contributed by atoms with Gasteiger partial charge in [-0.2, -0.15) is 0 Å². The Morgan fingerprint density at radius 3 is 2.83 bits per heavy atom. The largest absolute Gasteiger partial charge is 0.313 e. The summed E-state index contributed by atoms with van der Waals surface area (Å²) in [6.45, 7) is 2.96. The second-order valence-electron chi connectivity index (χ2n) is 4.84. The molecule has 1 N–H and O–H groups in total. The van der Waals surface area contributed by atoms with Crippen molar-refractivity contribution in [1.29, 1.82) is 0 Å². The third-order valence-electron chi connectivity index (χ3n) is 3.62. The minimum absolute atomic E-state index is 0.0141. The molecule has 0 aliphatic carbocycles. The summed E-state index contributed by atoms with van der Waals surface area (Å²) in [4.78, 5) is 13.8. The molecule has 18 heavy (non-hydrogen) atoms. The van der Waals surface area contributed by atoms with E-state index in [-0.39, 0.29) is 23.7 Å². The minimum atomic E-state index is -0.357. The first-order valence-corrected chi connectivity index (χ1v) is 6.36. The topological polar surface area (TPSA) is 32.3 Å². The lowest BCUT2D eigenvalue weighted by atomic mass is 9.90. The van der Waals surface area contributed by atoms with E-state index in [1.54, 1.807) is 25.2 Å². The van der Waals surface area contributed by atoms with Crippen LogP contribution in [-0.2, 0) is 4.79 Å². The van der Waals surface area contributed by atoms with Crippen molar-refractivity contribution in [3.05, 3.63) is 30.1 Å². The highest BCUT2D eigenvalue weighted by molar-refractivity contribution is 5.95. The molecule has 1 aromatic carbocycles. The van der Waals surface area contributed by atoms with Crippen molar-refractivity contribution in [3.63, 3.8) is 0 Å². The van der Waals surface area contributed by atoms with Gasteiger partial charge in [0, 0.05) is 13.1 Å². The number of carbonyl (C=O) groups is 1. The molecule has 1 aliphatic rings. The Hall–Kier alpha value is -1.42. The molecule has 0 bridgehead atoms. The zero-order valence-electron chi connectivity index (χ0n) is 10.8. The van der Waals surface area contributed by atoms with Crippen LogP contribution in [0.2, 0.25) is 0 Å². The second kappa shape index (κ2) is 5.48. The number of halogens is 1. The Morgan fingerprint density at radius 1 is 1.44 bits per heavy atom. The summed E-state index contributed by atoms with van der Waals surface area (Å²) in [7, 11) is 1.64. The zero-order chi connectivity index (χ0) is 13.1. The van der Waals surface area contributed by atoms with Crippen LogP contribution in [-0.4, -0.2) is 25.5 Å². The number of hydrogen-bond acceptors (Lipinski definition) is 2. The quantitative estimate of drug-likeness (QED) is 0.872. The molecule has 2 unspecified atom stereocenters. The van der Waals surface area contributed by atoms with Crippen molar-refractivity contribution >= 4 is 11.6 Å². The molecule has 0 spiro atoms. The summed E-state index contributed by atoms with van der Waals surface area (Å²) in [6, 6.07) is 6.53. The molecule has 0 aromatic heterocycles. The number of anilines is 1. The third-order valence-corrected chi connectivity index (χ3v) is 3.62. The number of carbonyl (C=O) groups excluding carboxylic acids is 1. The van der Waals surface area contributed by atoms with Gasteiger partial charge < -0.3 is 10.2 Å². The smallest absolute Gasteiger partial charge is 0.231 e. The van der Waals surface area contributed by atoms with Gasteiger partial charge in [-0.15, -0.1) is 0 Å². The van der Waals surface area contributed by atoms with E-state index >= 15 is 0 Å². The van der Waals surface area contributed by atoms with Gasteiger partial charge in [0.25, 0.3) is 0 Å². The predicted molar refractivity (Wildman–Crippen MR) is 70.0 cm³/mol. The molecule has 0 radical (unpaired) electrons. The van der Waals surface area contributed by atoms with Gasteiger partial charge in [-0.1, -0.05) is 12.1 Å². The van der Waals surface area contributed by atoms with Gasteiger partial charge in [-0.05, 0) is 38.4 Å². The monoisotopic (exact) mass is 250 g/mol. The molecular formula is C14H19FN2O.